The fraction of sp³-hybridized carbons (Fsp3) is 0.241. The van der Waals surface area contributed by atoms with Crippen LogP contribution < -0.4 is 4.90 Å². The van der Waals surface area contributed by atoms with E-state index in [2.05, 4.69) is 22.0 Å². The second kappa shape index (κ2) is 9.61. The van der Waals surface area contributed by atoms with Crippen molar-refractivity contribution in [1.82, 2.24) is 14.2 Å². The Morgan fingerprint density at radius 1 is 0.784 bits per heavy atom. The summed E-state index contributed by atoms with van der Waals surface area (Å²) in [5, 5.41) is 0.562. The van der Waals surface area contributed by atoms with E-state index in [0.29, 0.717) is 43.5 Å². The summed E-state index contributed by atoms with van der Waals surface area (Å²) in [6.07, 6.45) is 2.01. The molecule has 4 aromatic rings. The molecule has 0 N–H and O–H groups in total. The first-order chi connectivity index (χ1) is 18.0. The van der Waals surface area contributed by atoms with Gasteiger partial charge in [-0.2, -0.15) is 4.31 Å². The van der Waals surface area contributed by atoms with Crippen molar-refractivity contribution < 1.29 is 13.2 Å². The van der Waals surface area contributed by atoms with Crippen molar-refractivity contribution in [3.63, 3.8) is 0 Å². The number of anilines is 1. The first-order valence-electron chi connectivity index (χ1n) is 12.5. The number of fused-ring (bicyclic) bond motifs is 2. The van der Waals surface area contributed by atoms with E-state index in [1.807, 2.05) is 47.4 Å². The average Bonchev–Trinajstić information content (AvgIpc) is 2.96. The summed E-state index contributed by atoms with van der Waals surface area (Å²) in [4.78, 5) is 22.6. The highest BCUT2D eigenvalue weighted by Crippen LogP contribution is 2.33. The highest BCUT2D eigenvalue weighted by Gasteiger charge is 2.42. The summed E-state index contributed by atoms with van der Waals surface area (Å²) in [6.45, 7) is 2.69. The number of nitrogens with zero attached hydrogens (tertiary/aromatic N) is 4. The maximum Gasteiger partial charge on any atom is 0.244 e. The molecule has 0 unspecified atom stereocenters. The zero-order valence-electron chi connectivity index (χ0n) is 20.4. The lowest BCUT2D eigenvalue weighted by molar-refractivity contribution is -0.136. The Kier molecular flexibility index (Phi) is 6.14. The Morgan fingerprint density at radius 2 is 1.51 bits per heavy atom. The summed E-state index contributed by atoms with van der Waals surface area (Å²) < 4.78 is 29.7. The molecular formula is C29H28N4O3S. The van der Waals surface area contributed by atoms with Crippen molar-refractivity contribution in [2.75, 3.05) is 31.1 Å². The van der Waals surface area contributed by atoms with E-state index in [0.717, 1.165) is 16.8 Å². The smallest absolute Gasteiger partial charge is 0.244 e. The normalized spacial score (nSPS) is 18.5. The molecule has 3 aromatic carbocycles. The van der Waals surface area contributed by atoms with Gasteiger partial charge in [0.15, 0.2) is 0 Å². The Morgan fingerprint density at radius 3 is 2.30 bits per heavy atom. The highest BCUT2D eigenvalue weighted by atomic mass is 32.2. The van der Waals surface area contributed by atoms with Crippen LogP contribution in [-0.4, -0.2) is 60.7 Å². The molecule has 8 heteroatoms. The molecule has 0 aliphatic carbocycles. The predicted molar refractivity (Wildman–Crippen MR) is 144 cm³/mol. The Bertz CT molecular complexity index is 1540. The summed E-state index contributed by atoms with van der Waals surface area (Å²) in [6, 6.07) is 25.8. The van der Waals surface area contributed by atoms with Crippen LogP contribution in [0.5, 0.6) is 0 Å². The lowest BCUT2D eigenvalue weighted by Gasteiger charge is -2.41. The standard InChI is InChI=1S/C29H28N4O3S/c34-29(32-18-16-31(17-19-32)24-10-2-1-3-11-24)27-20-22-8-4-5-9-23(22)21-33(27)37(35,36)28-14-6-13-26-25(28)12-7-15-30-26/h1-15,27H,16-21H2/t27-/m0/s1. The predicted octanol–water partition coefficient (Wildman–Crippen LogP) is 3.70. The van der Waals surface area contributed by atoms with Crippen LogP contribution in [0.3, 0.4) is 0 Å². The molecule has 1 aromatic heterocycles. The minimum Gasteiger partial charge on any atom is -0.368 e. The van der Waals surface area contributed by atoms with Crippen molar-refractivity contribution in [3.05, 3.63) is 102 Å². The number of para-hydroxylation sites is 1. The monoisotopic (exact) mass is 512 g/mol. The van der Waals surface area contributed by atoms with Gasteiger partial charge in [0.25, 0.3) is 0 Å². The molecule has 1 amide bonds. The van der Waals surface area contributed by atoms with Crippen LogP contribution in [-0.2, 0) is 27.8 Å². The van der Waals surface area contributed by atoms with E-state index in [4.69, 9.17) is 0 Å². The second-order valence-corrected chi connectivity index (χ2v) is 11.4. The summed E-state index contributed by atoms with van der Waals surface area (Å²) in [5.74, 6) is -0.135. The van der Waals surface area contributed by atoms with Gasteiger partial charge in [0.2, 0.25) is 15.9 Å². The third-order valence-corrected chi connectivity index (χ3v) is 9.31. The summed E-state index contributed by atoms with van der Waals surface area (Å²) >= 11 is 0. The van der Waals surface area contributed by atoms with Crippen LogP contribution in [0.15, 0.2) is 96.0 Å². The molecule has 0 radical (unpaired) electrons. The maximum absolute atomic E-state index is 14.2. The Hall–Kier alpha value is -3.75. The van der Waals surface area contributed by atoms with Crippen LogP contribution in [0.2, 0.25) is 0 Å². The van der Waals surface area contributed by atoms with E-state index >= 15 is 0 Å². The number of sulfonamides is 1. The quantitative estimate of drug-likeness (QED) is 0.417. The van der Waals surface area contributed by atoms with Gasteiger partial charge >= 0.3 is 0 Å². The van der Waals surface area contributed by atoms with Crippen molar-refractivity contribution in [2.45, 2.75) is 23.9 Å². The van der Waals surface area contributed by atoms with Gasteiger partial charge in [-0.3, -0.25) is 9.78 Å². The van der Waals surface area contributed by atoms with Gasteiger partial charge in [0.1, 0.15) is 6.04 Å². The molecule has 1 saturated heterocycles. The lowest BCUT2D eigenvalue weighted by Crippen LogP contribution is -2.57. The van der Waals surface area contributed by atoms with Crippen LogP contribution >= 0.6 is 0 Å². The number of amides is 1. The minimum absolute atomic E-state index is 0.135. The number of pyridine rings is 1. The Labute approximate surface area is 217 Å². The van der Waals surface area contributed by atoms with E-state index < -0.39 is 16.1 Å². The highest BCUT2D eigenvalue weighted by molar-refractivity contribution is 7.89. The maximum atomic E-state index is 14.2. The van der Waals surface area contributed by atoms with E-state index in [1.54, 1.807) is 36.5 Å². The van der Waals surface area contributed by atoms with Crippen LogP contribution in [0, 0.1) is 0 Å². The van der Waals surface area contributed by atoms with Crippen LogP contribution in [0.1, 0.15) is 11.1 Å². The molecule has 1 atom stereocenters. The number of hydrogen-bond donors (Lipinski definition) is 0. The Balaban J connectivity index is 1.32. The number of hydrogen-bond acceptors (Lipinski definition) is 5. The van der Waals surface area contributed by atoms with Gasteiger partial charge in [-0.15, -0.1) is 0 Å². The van der Waals surface area contributed by atoms with Crippen molar-refractivity contribution in [3.8, 4) is 0 Å². The summed E-state index contributed by atoms with van der Waals surface area (Å²) in [5.41, 5.74) is 3.70. The van der Waals surface area contributed by atoms with Gasteiger partial charge in [0.05, 0.1) is 10.4 Å². The average molecular weight is 513 g/mol. The molecule has 6 rings (SSSR count). The molecule has 1 fully saturated rings. The fourth-order valence-electron chi connectivity index (χ4n) is 5.42. The molecule has 2 aliphatic rings. The first-order valence-corrected chi connectivity index (χ1v) is 14.0. The van der Waals surface area contributed by atoms with Gasteiger partial charge in [-0.25, -0.2) is 8.42 Å². The van der Waals surface area contributed by atoms with Crippen LogP contribution in [0.25, 0.3) is 10.9 Å². The van der Waals surface area contributed by atoms with Crippen molar-refractivity contribution in [2.24, 2.45) is 0 Å². The van der Waals surface area contributed by atoms with Gasteiger partial charge in [0, 0.05) is 50.0 Å². The number of benzene rings is 3. The number of piperazine rings is 1. The minimum atomic E-state index is -3.98. The molecule has 2 aliphatic heterocycles. The third-order valence-electron chi connectivity index (χ3n) is 7.40. The topological polar surface area (TPSA) is 73.8 Å². The van der Waals surface area contributed by atoms with E-state index in [9.17, 15) is 13.2 Å². The molecular weight excluding hydrogens is 484 g/mol. The molecule has 188 valence electrons. The largest absolute Gasteiger partial charge is 0.368 e. The molecule has 0 spiro atoms. The lowest BCUT2D eigenvalue weighted by atomic mass is 9.95. The molecule has 3 heterocycles. The molecule has 0 saturated carbocycles. The molecule has 7 nitrogen and oxygen atoms in total. The number of aromatic nitrogens is 1. The number of carbonyl (C=O) groups excluding carboxylic acids is 1. The van der Waals surface area contributed by atoms with Crippen molar-refractivity contribution in [1.29, 1.82) is 0 Å². The van der Waals surface area contributed by atoms with Gasteiger partial charge < -0.3 is 9.80 Å². The SMILES string of the molecule is O=C([C@@H]1Cc2ccccc2CN1S(=O)(=O)c1cccc2ncccc12)N1CCN(c2ccccc2)CC1. The van der Waals surface area contributed by atoms with Gasteiger partial charge in [-0.1, -0.05) is 48.5 Å². The molecule has 0 bridgehead atoms. The third kappa shape index (κ3) is 4.36. The second-order valence-electron chi connectivity index (χ2n) is 9.51. The summed E-state index contributed by atoms with van der Waals surface area (Å²) in [7, 11) is -3.98. The number of carbonyl (C=O) groups is 1. The zero-order chi connectivity index (χ0) is 25.4. The number of rotatable bonds is 4. The fourth-order valence-corrected chi connectivity index (χ4v) is 7.19. The van der Waals surface area contributed by atoms with E-state index in [-0.39, 0.29) is 17.3 Å². The van der Waals surface area contributed by atoms with Gasteiger partial charge in [-0.05, 0) is 53.9 Å². The first kappa shape index (κ1) is 23.6. The van der Waals surface area contributed by atoms with Crippen molar-refractivity contribution >= 4 is 32.5 Å². The van der Waals surface area contributed by atoms with Crippen LogP contribution in [0.4, 0.5) is 5.69 Å². The zero-order valence-corrected chi connectivity index (χ0v) is 21.2. The van der Waals surface area contributed by atoms with E-state index in [1.165, 1.54) is 4.31 Å². The molecule has 37 heavy (non-hydrogen) atoms.